The number of carbonyl (C=O) groups excluding carboxylic acids is 1. The number of hydrogen-bond acceptors (Lipinski definition) is 7. The molecule has 0 spiro atoms. The quantitative estimate of drug-likeness (QED) is 0.456. The minimum atomic E-state index is -0.418. The van der Waals surface area contributed by atoms with Crippen LogP contribution in [0, 0.1) is 0 Å². The Morgan fingerprint density at radius 3 is 2.74 bits per heavy atom. The van der Waals surface area contributed by atoms with E-state index in [-0.39, 0.29) is 11.5 Å². The molecule has 0 radical (unpaired) electrons. The molecular weight excluding hydrogens is 376 g/mol. The first kappa shape index (κ1) is 14.7. The number of thiophene rings is 3. The summed E-state index contributed by atoms with van der Waals surface area (Å²) in [4.78, 5) is 27.8. The molecule has 0 aliphatic rings. The number of hydrogen-bond donors (Lipinski definition) is 3. The predicted octanol–water partition coefficient (Wildman–Crippen LogP) is 4.04. The van der Waals surface area contributed by atoms with Gasteiger partial charge in [0.2, 0.25) is 5.78 Å². The van der Waals surface area contributed by atoms with Gasteiger partial charge >= 0.3 is 0 Å². The first-order chi connectivity index (χ1) is 11.0. The third-order valence-corrected chi connectivity index (χ3v) is 7.07. The fourth-order valence-corrected chi connectivity index (χ4v) is 5.91. The Kier molecular flexibility index (Phi) is 3.24. The molecule has 0 aliphatic heterocycles. The van der Waals surface area contributed by atoms with Gasteiger partial charge in [0.05, 0.1) is 34.5 Å². The van der Waals surface area contributed by atoms with E-state index in [1.165, 1.54) is 34.0 Å². The van der Waals surface area contributed by atoms with E-state index < -0.39 is 5.56 Å². The molecule has 0 bridgehead atoms. The highest BCUT2D eigenvalue weighted by Gasteiger charge is 2.23. The van der Waals surface area contributed by atoms with Crippen LogP contribution in [0.4, 0.5) is 5.69 Å². The van der Waals surface area contributed by atoms with E-state index in [9.17, 15) is 14.7 Å². The standard InChI is InChI=1S/C14H7ClN2O3S3/c15-6-2-1-5(21-6)11(20)13-9(16)8-10-12(22-14(8)23-13)4(18)3-7(19)17-10/h1-3H,16H2,(H2,17,18,19). The van der Waals surface area contributed by atoms with E-state index in [0.717, 1.165) is 10.1 Å². The zero-order chi connectivity index (χ0) is 16.3. The molecule has 0 saturated heterocycles. The number of aromatic nitrogens is 1. The lowest BCUT2D eigenvalue weighted by Crippen LogP contribution is -2.03. The number of fused-ring (bicyclic) bond motifs is 3. The molecule has 0 fully saturated rings. The van der Waals surface area contributed by atoms with Gasteiger partial charge < -0.3 is 15.8 Å². The molecule has 0 saturated carbocycles. The van der Waals surface area contributed by atoms with Gasteiger partial charge in [0, 0.05) is 6.07 Å². The van der Waals surface area contributed by atoms with Gasteiger partial charge in [0.1, 0.15) is 10.6 Å². The van der Waals surface area contributed by atoms with Crippen LogP contribution in [0.15, 0.2) is 23.0 Å². The number of nitrogen functional groups attached to an aromatic ring is 1. The highest BCUT2D eigenvalue weighted by atomic mass is 35.5. The van der Waals surface area contributed by atoms with Gasteiger partial charge in [-0.15, -0.1) is 34.0 Å². The van der Waals surface area contributed by atoms with Crippen LogP contribution in [-0.2, 0) is 0 Å². The lowest BCUT2D eigenvalue weighted by atomic mass is 10.2. The largest absolute Gasteiger partial charge is 0.506 e. The van der Waals surface area contributed by atoms with Crippen molar-refractivity contribution in [3.8, 4) is 5.75 Å². The maximum absolute atomic E-state index is 12.6. The van der Waals surface area contributed by atoms with Crippen molar-refractivity contribution < 1.29 is 9.90 Å². The maximum atomic E-state index is 12.6. The summed E-state index contributed by atoms with van der Waals surface area (Å²) in [6, 6.07) is 4.45. The van der Waals surface area contributed by atoms with E-state index in [1.54, 1.807) is 12.1 Å². The lowest BCUT2D eigenvalue weighted by Gasteiger charge is -1.98. The molecule has 4 N–H and O–H groups in total. The first-order valence-corrected chi connectivity index (χ1v) is 9.15. The van der Waals surface area contributed by atoms with Crippen LogP contribution in [0.5, 0.6) is 5.75 Å². The average molecular weight is 383 g/mol. The molecule has 0 atom stereocenters. The molecule has 116 valence electrons. The van der Waals surface area contributed by atoms with E-state index in [4.69, 9.17) is 17.3 Å². The van der Waals surface area contributed by atoms with Gasteiger partial charge in [-0.2, -0.15) is 0 Å². The monoisotopic (exact) mass is 382 g/mol. The number of aromatic amines is 1. The summed E-state index contributed by atoms with van der Waals surface area (Å²) in [5.41, 5.74) is 6.52. The molecule has 0 amide bonds. The van der Waals surface area contributed by atoms with Crippen LogP contribution >= 0.6 is 45.6 Å². The Balaban J connectivity index is 1.98. The maximum Gasteiger partial charge on any atom is 0.252 e. The molecule has 23 heavy (non-hydrogen) atoms. The number of nitrogens with one attached hydrogen (secondary N) is 1. The number of nitrogens with two attached hydrogens (primary N) is 1. The van der Waals surface area contributed by atoms with Crippen LogP contribution < -0.4 is 11.3 Å². The smallest absolute Gasteiger partial charge is 0.252 e. The molecule has 0 aromatic carbocycles. The van der Waals surface area contributed by atoms with Crippen LogP contribution in [-0.4, -0.2) is 15.9 Å². The summed E-state index contributed by atoms with van der Waals surface area (Å²) in [6.07, 6.45) is 0. The van der Waals surface area contributed by atoms with Crippen molar-refractivity contribution in [3.05, 3.63) is 42.6 Å². The fourth-order valence-electron chi connectivity index (χ4n) is 2.35. The summed E-state index contributed by atoms with van der Waals surface area (Å²) in [5, 5.41) is 10.5. The van der Waals surface area contributed by atoms with Crippen molar-refractivity contribution in [1.82, 2.24) is 4.98 Å². The fraction of sp³-hybridized carbons (Fsp3) is 0. The van der Waals surface area contributed by atoms with Crippen molar-refractivity contribution in [3.63, 3.8) is 0 Å². The molecular formula is C14H7ClN2O3S3. The van der Waals surface area contributed by atoms with Gasteiger partial charge in [0.25, 0.3) is 5.56 Å². The lowest BCUT2D eigenvalue weighted by molar-refractivity contribution is 0.104. The molecule has 4 heterocycles. The van der Waals surface area contributed by atoms with E-state index >= 15 is 0 Å². The average Bonchev–Trinajstić information content (AvgIpc) is 3.14. The second-order valence-corrected chi connectivity index (χ2v) is 8.78. The van der Waals surface area contributed by atoms with Crippen molar-refractivity contribution >= 4 is 76.7 Å². The van der Waals surface area contributed by atoms with E-state index in [2.05, 4.69) is 4.98 Å². The Labute approximate surface area is 145 Å². The van der Waals surface area contributed by atoms with Crippen LogP contribution in [0.1, 0.15) is 14.5 Å². The van der Waals surface area contributed by atoms with Gasteiger partial charge in [-0.25, -0.2) is 0 Å². The van der Waals surface area contributed by atoms with Crippen LogP contribution in [0.25, 0.3) is 19.6 Å². The Morgan fingerprint density at radius 1 is 1.26 bits per heavy atom. The minimum Gasteiger partial charge on any atom is -0.506 e. The second-order valence-electron chi connectivity index (χ2n) is 4.77. The van der Waals surface area contributed by atoms with Gasteiger partial charge in [-0.1, -0.05) is 11.6 Å². The summed E-state index contributed by atoms with van der Waals surface area (Å²) in [7, 11) is 0. The molecule has 4 aromatic rings. The number of H-pyrrole nitrogens is 1. The Morgan fingerprint density at radius 2 is 2.04 bits per heavy atom. The molecule has 5 nitrogen and oxygen atoms in total. The van der Waals surface area contributed by atoms with Crippen molar-refractivity contribution in [1.29, 1.82) is 0 Å². The minimum absolute atomic E-state index is 0.0885. The van der Waals surface area contributed by atoms with Gasteiger partial charge in [0.15, 0.2) is 0 Å². The normalized spacial score (nSPS) is 11.5. The number of halogens is 1. The Hall–Kier alpha value is -1.87. The van der Waals surface area contributed by atoms with Gasteiger partial charge in [-0.3, -0.25) is 9.59 Å². The summed E-state index contributed by atoms with van der Waals surface area (Å²) in [6.45, 7) is 0. The summed E-state index contributed by atoms with van der Waals surface area (Å²) in [5.74, 6) is -0.280. The number of anilines is 1. The first-order valence-electron chi connectivity index (χ1n) is 6.32. The number of pyridine rings is 1. The van der Waals surface area contributed by atoms with Crippen LogP contribution in [0.3, 0.4) is 0 Å². The topological polar surface area (TPSA) is 96.2 Å². The molecule has 0 unspecified atom stereocenters. The van der Waals surface area contributed by atoms with E-state index in [0.29, 0.717) is 35.4 Å². The number of aromatic hydroxyl groups is 1. The van der Waals surface area contributed by atoms with E-state index in [1.807, 2.05) is 0 Å². The van der Waals surface area contributed by atoms with Gasteiger partial charge in [-0.05, 0) is 12.1 Å². The molecule has 9 heteroatoms. The highest BCUT2D eigenvalue weighted by Crippen LogP contribution is 2.46. The van der Waals surface area contributed by atoms with Crippen molar-refractivity contribution in [2.45, 2.75) is 0 Å². The molecule has 4 rings (SSSR count). The SMILES string of the molecule is Nc1c(C(=O)c2ccc(Cl)s2)sc2sc3c(O)cc(=O)[nH]c3c12. The number of ketones is 1. The summed E-state index contributed by atoms with van der Waals surface area (Å²) >= 11 is 9.61. The third-order valence-electron chi connectivity index (χ3n) is 3.34. The molecule has 4 aromatic heterocycles. The number of rotatable bonds is 2. The summed E-state index contributed by atoms with van der Waals surface area (Å²) < 4.78 is 1.86. The second kappa shape index (κ2) is 5.07. The Bertz CT molecular complexity index is 1150. The highest BCUT2D eigenvalue weighted by molar-refractivity contribution is 7.43. The zero-order valence-corrected chi connectivity index (χ0v) is 14.4. The predicted molar refractivity (Wildman–Crippen MR) is 96.7 cm³/mol. The van der Waals surface area contributed by atoms with Crippen molar-refractivity contribution in [2.24, 2.45) is 0 Å². The number of carbonyl (C=O) groups is 1. The molecule has 0 aliphatic carbocycles. The third kappa shape index (κ3) is 2.18. The zero-order valence-electron chi connectivity index (χ0n) is 11.2. The van der Waals surface area contributed by atoms with Crippen molar-refractivity contribution in [2.75, 3.05) is 5.73 Å². The van der Waals surface area contributed by atoms with Crippen LogP contribution in [0.2, 0.25) is 4.34 Å².